The number of carbonyl (C=O) groups is 2. The van der Waals surface area contributed by atoms with Crippen LogP contribution in [0.5, 0.6) is 0 Å². The molecule has 0 aliphatic rings. The molecule has 58 heavy (non-hydrogen) atoms. The monoisotopic (exact) mass is 842 g/mol. The summed E-state index contributed by atoms with van der Waals surface area (Å²) >= 11 is 0. The summed E-state index contributed by atoms with van der Waals surface area (Å²) in [7, 11) is 1.17. The highest BCUT2D eigenvalue weighted by molar-refractivity contribution is 7.45. The first-order valence-corrected chi connectivity index (χ1v) is 25.5. The Morgan fingerprint density at radius 1 is 0.534 bits per heavy atom. The predicted molar refractivity (Wildman–Crippen MR) is 241 cm³/mol. The Bertz CT molecular complexity index is 1040. The molecule has 0 rings (SSSR count). The number of phosphoric ester groups is 1. The summed E-state index contributed by atoms with van der Waals surface area (Å²) in [4.78, 5) is 37.6. The smallest absolute Gasteiger partial charge is 0.306 e. The molecular formula is C48H92NO8P. The van der Waals surface area contributed by atoms with Crippen molar-refractivity contribution in [1.82, 2.24) is 0 Å². The lowest BCUT2D eigenvalue weighted by Gasteiger charge is -2.28. The van der Waals surface area contributed by atoms with E-state index in [1.54, 1.807) is 0 Å². The number of nitrogens with zero attached hydrogens (tertiary/aromatic N) is 1. The van der Waals surface area contributed by atoms with E-state index in [0.29, 0.717) is 23.9 Å². The molecule has 0 amide bonds. The number of hydrogen-bond donors (Lipinski definition) is 0. The molecule has 0 aliphatic carbocycles. The molecule has 0 spiro atoms. The number of esters is 2. The lowest BCUT2D eigenvalue weighted by Crippen LogP contribution is -2.37. The molecule has 0 aromatic rings. The van der Waals surface area contributed by atoms with Gasteiger partial charge in [0.15, 0.2) is 6.10 Å². The van der Waals surface area contributed by atoms with Crippen molar-refractivity contribution in [3.63, 3.8) is 0 Å². The van der Waals surface area contributed by atoms with Gasteiger partial charge in [-0.2, -0.15) is 0 Å². The van der Waals surface area contributed by atoms with Gasteiger partial charge in [-0.1, -0.05) is 186 Å². The summed E-state index contributed by atoms with van der Waals surface area (Å²) in [6.07, 6.45) is 44.9. The molecule has 0 heterocycles. The van der Waals surface area contributed by atoms with Crippen molar-refractivity contribution in [3.8, 4) is 0 Å². The van der Waals surface area contributed by atoms with Crippen LogP contribution in [0, 0.1) is 0 Å². The van der Waals surface area contributed by atoms with Gasteiger partial charge >= 0.3 is 11.9 Å². The lowest BCUT2D eigenvalue weighted by atomic mass is 10.0. The van der Waals surface area contributed by atoms with Crippen LogP contribution in [0.2, 0.25) is 0 Å². The number of rotatable bonds is 44. The van der Waals surface area contributed by atoms with Gasteiger partial charge in [0.05, 0.1) is 27.7 Å². The van der Waals surface area contributed by atoms with Crippen molar-refractivity contribution < 1.29 is 42.1 Å². The molecule has 0 bridgehead atoms. The molecule has 0 aromatic carbocycles. The number of unbranched alkanes of at least 4 members (excludes halogenated alkanes) is 26. The topological polar surface area (TPSA) is 111 Å². The van der Waals surface area contributed by atoms with Crippen molar-refractivity contribution in [1.29, 1.82) is 0 Å². The van der Waals surface area contributed by atoms with Crippen molar-refractivity contribution in [3.05, 3.63) is 24.3 Å². The standard InChI is InChI=1S/C48H92NO8P/c1-6-8-10-12-14-16-18-20-22-23-24-25-27-29-31-33-35-37-39-41-48(51)57-46(45-56-58(52,53)55-43-42-49(3,4)5)44-54-47(50)40-38-36-34-32-30-28-26-21-19-17-15-13-11-9-7-2/h15,17,21,26,46H,6-14,16,18-20,22-25,27-45H2,1-5H3/b17-15+,26-21+/t46-/m1/s1. The Labute approximate surface area is 358 Å². The van der Waals surface area contributed by atoms with E-state index in [1.807, 2.05) is 21.1 Å². The molecule has 0 fully saturated rings. The maximum absolute atomic E-state index is 12.7. The number of ether oxygens (including phenoxy) is 2. The molecule has 1 unspecified atom stereocenters. The number of hydrogen-bond acceptors (Lipinski definition) is 8. The zero-order chi connectivity index (χ0) is 42.8. The number of likely N-dealkylation sites (N-methyl/N-ethyl adjacent to an activating group) is 1. The van der Waals surface area contributed by atoms with Gasteiger partial charge in [0.1, 0.15) is 19.8 Å². The average molecular weight is 842 g/mol. The average Bonchev–Trinajstić information content (AvgIpc) is 3.17. The van der Waals surface area contributed by atoms with Crippen LogP contribution in [0.3, 0.4) is 0 Å². The molecule has 9 nitrogen and oxygen atoms in total. The molecular weight excluding hydrogens is 750 g/mol. The predicted octanol–water partition coefficient (Wildman–Crippen LogP) is 13.3. The fourth-order valence-corrected chi connectivity index (χ4v) is 7.41. The Balaban J connectivity index is 4.28. The maximum atomic E-state index is 12.7. The van der Waals surface area contributed by atoms with Crippen molar-refractivity contribution in [2.75, 3.05) is 47.5 Å². The second-order valence-electron chi connectivity index (χ2n) is 17.5. The van der Waals surface area contributed by atoms with Crippen LogP contribution in [0.25, 0.3) is 0 Å². The van der Waals surface area contributed by atoms with Crippen LogP contribution in [-0.4, -0.2) is 70.0 Å². The summed E-state index contributed by atoms with van der Waals surface area (Å²) in [5.74, 6) is -0.841. The Morgan fingerprint density at radius 2 is 0.931 bits per heavy atom. The van der Waals surface area contributed by atoms with Crippen LogP contribution in [0.4, 0.5) is 0 Å². The van der Waals surface area contributed by atoms with E-state index < -0.39 is 32.5 Å². The molecule has 342 valence electrons. The number of phosphoric acid groups is 1. The highest BCUT2D eigenvalue weighted by Gasteiger charge is 2.21. The van der Waals surface area contributed by atoms with Gasteiger partial charge in [0, 0.05) is 12.8 Å². The van der Waals surface area contributed by atoms with E-state index in [2.05, 4.69) is 38.2 Å². The van der Waals surface area contributed by atoms with E-state index in [-0.39, 0.29) is 26.1 Å². The second-order valence-corrected chi connectivity index (χ2v) is 18.9. The van der Waals surface area contributed by atoms with Crippen molar-refractivity contribution >= 4 is 19.8 Å². The molecule has 0 saturated carbocycles. The van der Waals surface area contributed by atoms with E-state index in [0.717, 1.165) is 51.4 Å². The molecule has 2 atom stereocenters. The first-order valence-electron chi connectivity index (χ1n) is 24.0. The summed E-state index contributed by atoms with van der Waals surface area (Å²) in [6, 6.07) is 0. The van der Waals surface area contributed by atoms with Gasteiger partial charge in [-0.3, -0.25) is 14.2 Å². The van der Waals surface area contributed by atoms with Crippen LogP contribution < -0.4 is 4.89 Å². The Morgan fingerprint density at radius 3 is 1.40 bits per heavy atom. The zero-order valence-electron chi connectivity index (χ0n) is 38.5. The van der Waals surface area contributed by atoms with E-state index in [4.69, 9.17) is 18.5 Å². The molecule has 0 aliphatic heterocycles. The van der Waals surface area contributed by atoms with E-state index in [1.165, 1.54) is 128 Å². The number of quaternary nitrogens is 1. The van der Waals surface area contributed by atoms with Gasteiger partial charge in [0.25, 0.3) is 7.82 Å². The third kappa shape index (κ3) is 44.1. The molecule has 0 aromatic heterocycles. The second kappa shape index (κ2) is 40.9. The number of carbonyl (C=O) groups excluding carboxylic acids is 2. The molecule has 0 N–H and O–H groups in total. The van der Waals surface area contributed by atoms with Crippen molar-refractivity contribution in [2.24, 2.45) is 0 Å². The molecule has 10 heteroatoms. The minimum Gasteiger partial charge on any atom is -0.756 e. The van der Waals surface area contributed by atoms with Crippen LogP contribution in [0.1, 0.15) is 219 Å². The minimum absolute atomic E-state index is 0.0311. The van der Waals surface area contributed by atoms with Gasteiger partial charge < -0.3 is 27.9 Å². The molecule has 0 saturated heterocycles. The first-order chi connectivity index (χ1) is 28.0. The summed E-state index contributed by atoms with van der Waals surface area (Å²) in [6.45, 7) is 4.22. The first kappa shape index (κ1) is 56.5. The van der Waals surface area contributed by atoms with E-state index in [9.17, 15) is 19.0 Å². The minimum atomic E-state index is -4.63. The fourth-order valence-electron chi connectivity index (χ4n) is 6.69. The highest BCUT2D eigenvalue weighted by atomic mass is 31.2. The Hall–Kier alpha value is -1.51. The summed E-state index contributed by atoms with van der Waals surface area (Å²) in [5.41, 5.74) is 0. The zero-order valence-corrected chi connectivity index (χ0v) is 39.4. The summed E-state index contributed by atoms with van der Waals surface area (Å²) < 4.78 is 34.0. The van der Waals surface area contributed by atoms with Crippen LogP contribution >= 0.6 is 7.82 Å². The lowest BCUT2D eigenvalue weighted by molar-refractivity contribution is -0.870. The van der Waals surface area contributed by atoms with Crippen molar-refractivity contribution in [2.45, 2.75) is 225 Å². The largest absolute Gasteiger partial charge is 0.756 e. The highest BCUT2D eigenvalue weighted by Crippen LogP contribution is 2.38. The van der Waals surface area contributed by atoms with Gasteiger partial charge in [-0.25, -0.2) is 0 Å². The normalized spacial score (nSPS) is 13.7. The fraction of sp³-hybridized carbons (Fsp3) is 0.875. The SMILES string of the molecule is CCCCC/C=C/C/C=C/CCCCCCCC(=O)OC[C@H](COP(=O)([O-])OCC[N+](C)(C)C)OC(=O)CCCCCCCCCCCCCCCCCCCCC. The van der Waals surface area contributed by atoms with Crippen LogP contribution in [0.15, 0.2) is 24.3 Å². The van der Waals surface area contributed by atoms with Gasteiger partial charge in [-0.05, 0) is 44.9 Å². The van der Waals surface area contributed by atoms with Gasteiger partial charge in [-0.15, -0.1) is 0 Å². The Kier molecular flexibility index (Phi) is 39.8. The van der Waals surface area contributed by atoms with E-state index >= 15 is 0 Å². The van der Waals surface area contributed by atoms with Gasteiger partial charge in [0.2, 0.25) is 0 Å². The quantitative estimate of drug-likeness (QED) is 0.0196. The third-order valence-electron chi connectivity index (χ3n) is 10.5. The maximum Gasteiger partial charge on any atom is 0.306 e. The summed E-state index contributed by atoms with van der Waals surface area (Å²) in [5, 5.41) is 0. The van der Waals surface area contributed by atoms with Crippen LogP contribution in [-0.2, 0) is 32.7 Å². The third-order valence-corrected chi connectivity index (χ3v) is 11.4. The molecule has 0 radical (unpaired) electrons. The number of allylic oxidation sites excluding steroid dienone is 4.